The van der Waals surface area contributed by atoms with Gasteiger partial charge in [-0.05, 0) is 37.3 Å². The van der Waals surface area contributed by atoms with Crippen LogP contribution in [0, 0.1) is 5.92 Å². The van der Waals surface area contributed by atoms with Crippen molar-refractivity contribution in [1.29, 1.82) is 0 Å². The summed E-state index contributed by atoms with van der Waals surface area (Å²) in [5.41, 5.74) is 2.30. The van der Waals surface area contributed by atoms with Crippen molar-refractivity contribution in [3.63, 3.8) is 0 Å². The van der Waals surface area contributed by atoms with Crippen molar-refractivity contribution in [3.05, 3.63) is 41.9 Å². The number of fused-ring (bicyclic) bond motifs is 1. The molecule has 1 amide bonds. The third kappa shape index (κ3) is 3.03. The van der Waals surface area contributed by atoms with E-state index in [9.17, 15) is 4.79 Å². The van der Waals surface area contributed by atoms with Crippen LogP contribution in [0.3, 0.4) is 0 Å². The Kier molecular flexibility index (Phi) is 4.22. The van der Waals surface area contributed by atoms with Crippen LogP contribution in [0.15, 0.2) is 30.6 Å². The minimum atomic E-state index is 0.0764. The Morgan fingerprint density at radius 1 is 1.45 bits per heavy atom. The predicted molar refractivity (Wildman–Crippen MR) is 84.6 cm³/mol. The van der Waals surface area contributed by atoms with Gasteiger partial charge >= 0.3 is 0 Å². The van der Waals surface area contributed by atoms with Crippen LogP contribution in [0.2, 0.25) is 0 Å². The van der Waals surface area contributed by atoms with E-state index in [0.29, 0.717) is 12.3 Å². The maximum absolute atomic E-state index is 12.1. The molecule has 0 fully saturated rings. The third-order valence-electron chi connectivity index (χ3n) is 3.98. The van der Waals surface area contributed by atoms with E-state index in [-0.39, 0.29) is 11.9 Å². The van der Waals surface area contributed by atoms with Crippen molar-refractivity contribution < 1.29 is 4.79 Å². The molecule has 2 aromatic rings. The molecule has 0 unspecified atom stereocenters. The Labute approximate surface area is 130 Å². The number of amides is 1. The van der Waals surface area contributed by atoms with Crippen LogP contribution in [0.5, 0.6) is 0 Å². The summed E-state index contributed by atoms with van der Waals surface area (Å²) in [4.78, 5) is 16.4. The van der Waals surface area contributed by atoms with Gasteiger partial charge in [0.05, 0.1) is 17.9 Å². The van der Waals surface area contributed by atoms with E-state index < -0.39 is 0 Å². The van der Waals surface area contributed by atoms with Crippen LogP contribution in [0.25, 0.3) is 5.82 Å². The molecule has 0 radical (unpaired) electrons. The van der Waals surface area contributed by atoms with Gasteiger partial charge in [-0.3, -0.25) is 4.79 Å². The molecule has 0 aliphatic heterocycles. The van der Waals surface area contributed by atoms with Crippen LogP contribution < -0.4 is 5.32 Å². The molecule has 2 heterocycles. The zero-order valence-electron chi connectivity index (χ0n) is 13.1. The number of hydrogen-bond donors (Lipinski definition) is 1. The maximum atomic E-state index is 12.1. The molecule has 0 aromatic carbocycles. The SMILES string of the molecule is CC(C)CC(=O)N[C@H]1CCCc2c1cnn2-c1ccccn1. The van der Waals surface area contributed by atoms with Crippen molar-refractivity contribution in [1.82, 2.24) is 20.1 Å². The number of carbonyl (C=O) groups excluding carboxylic acids is 1. The van der Waals surface area contributed by atoms with Gasteiger partial charge in [-0.2, -0.15) is 5.10 Å². The van der Waals surface area contributed by atoms with Gasteiger partial charge < -0.3 is 5.32 Å². The highest BCUT2D eigenvalue weighted by Crippen LogP contribution is 2.30. The average Bonchev–Trinajstić information content (AvgIpc) is 2.92. The molecule has 0 saturated heterocycles. The largest absolute Gasteiger partial charge is 0.349 e. The molecule has 1 atom stereocenters. The van der Waals surface area contributed by atoms with Crippen molar-refractivity contribution in [2.24, 2.45) is 5.92 Å². The first kappa shape index (κ1) is 14.8. The summed E-state index contributed by atoms with van der Waals surface area (Å²) in [7, 11) is 0. The Hall–Kier alpha value is -2.17. The maximum Gasteiger partial charge on any atom is 0.220 e. The van der Waals surface area contributed by atoms with Crippen molar-refractivity contribution in [2.45, 2.75) is 45.6 Å². The Morgan fingerprint density at radius 2 is 2.32 bits per heavy atom. The lowest BCUT2D eigenvalue weighted by Crippen LogP contribution is -2.31. The Morgan fingerprint density at radius 3 is 3.05 bits per heavy atom. The lowest BCUT2D eigenvalue weighted by atomic mass is 9.92. The molecule has 1 aliphatic carbocycles. The number of hydrogen-bond acceptors (Lipinski definition) is 3. The zero-order valence-corrected chi connectivity index (χ0v) is 13.1. The second-order valence-corrected chi connectivity index (χ2v) is 6.26. The fourth-order valence-electron chi connectivity index (χ4n) is 3.01. The molecule has 3 rings (SSSR count). The molecule has 116 valence electrons. The first-order valence-corrected chi connectivity index (χ1v) is 7.92. The Balaban J connectivity index is 1.83. The van der Waals surface area contributed by atoms with Gasteiger partial charge in [0.25, 0.3) is 0 Å². The summed E-state index contributed by atoms with van der Waals surface area (Å²) in [5, 5.41) is 7.65. The van der Waals surface area contributed by atoms with Crippen LogP contribution in [-0.4, -0.2) is 20.7 Å². The van der Waals surface area contributed by atoms with Crippen LogP contribution >= 0.6 is 0 Å². The minimum absolute atomic E-state index is 0.0764. The number of carbonyl (C=O) groups is 1. The zero-order chi connectivity index (χ0) is 15.5. The first-order chi connectivity index (χ1) is 10.6. The molecule has 2 aromatic heterocycles. The lowest BCUT2D eigenvalue weighted by Gasteiger charge is -2.24. The summed E-state index contributed by atoms with van der Waals surface area (Å²) >= 11 is 0. The average molecular weight is 298 g/mol. The highest BCUT2D eigenvalue weighted by molar-refractivity contribution is 5.76. The summed E-state index contributed by atoms with van der Waals surface area (Å²) in [6, 6.07) is 5.89. The molecule has 22 heavy (non-hydrogen) atoms. The van der Waals surface area contributed by atoms with E-state index in [1.807, 2.05) is 29.1 Å². The first-order valence-electron chi connectivity index (χ1n) is 7.92. The molecule has 0 spiro atoms. The molecule has 1 aliphatic rings. The molecular weight excluding hydrogens is 276 g/mol. The van der Waals surface area contributed by atoms with E-state index in [4.69, 9.17) is 0 Å². The Bertz CT molecular complexity index is 648. The summed E-state index contributed by atoms with van der Waals surface area (Å²) in [6.45, 7) is 4.12. The van der Waals surface area contributed by atoms with Gasteiger partial charge in [-0.1, -0.05) is 19.9 Å². The van der Waals surface area contributed by atoms with Crippen LogP contribution in [0.1, 0.15) is 50.4 Å². The monoisotopic (exact) mass is 298 g/mol. The van der Waals surface area contributed by atoms with Crippen molar-refractivity contribution >= 4 is 5.91 Å². The number of aromatic nitrogens is 3. The smallest absolute Gasteiger partial charge is 0.220 e. The minimum Gasteiger partial charge on any atom is -0.349 e. The highest BCUT2D eigenvalue weighted by atomic mass is 16.1. The van der Waals surface area contributed by atoms with Crippen LogP contribution in [0.4, 0.5) is 0 Å². The lowest BCUT2D eigenvalue weighted by molar-refractivity contribution is -0.122. The quantitative estimate of drug-likeness (QED) is 0.944. The fraction of sp³-hybridized carbons (Fsp3) is 0.471. The fourth-order valence-corrected chi connectivity index (χ4v) is 3.01. The van der Waals surface area contributed by atoms with Gasteiger partial charge in [0.15, 0.2) is 5.82 Å². The van der Waals surface area contributed by atoms with E-state index in [1.165, 1.54) is 5.69 Å². The van der Waals surface area contributed by atoms with Gasteiger partial charge in [0.2, 0.25) is 5.91 Å². The van der Waals surface area contributed by atoms with Gasteiger partial charge in [-0.15, -0.1) is 0 Å². The van der Waals surface area contributed by atoms with Crippen molar-refractivity contribution in [3.8, 4) is 5.82 Å². The molecule has 0 bridgehead atoms. The molecule has 1 N–H and O–H groups in total. The standard InChI is InChI=1S/C17H22N4O/c1-12(2)10-17(22)20-14-6-5-7-15-13(14)11-19-21(15)16-8-3-4-9-18-16/h3-4,8-9,11-12,14H,5-7,10H2,1-2H3,(H,20,22)/t14-/m0/s1. The summed E-state index contributed by atoms with van der Waals surface area (Å²) in [5.74, 6) is 1.33. The number of pyridine rings is 1. The number of rotatable bonds is 4. The number of nitrogens with zero attached hydrogens (tertiary/aromatic N) is 3. The molecule has 0 saturated carbocycles. The summed E-state index contributed by atoms with van der Waals surface area (Å²) in [6.07, 6.45) is 7.23. The van der Waals surface area contributed by atoms with Gasteiger partial charge in [0, 0.05) is 18.2 Å². The van der Waals surface area contributed by atoms with E-state index in [1.54, 1.807) is 6.20 Å². The third-order valence-corrected chi connectivity index (χ3v) is 3.98. The second-order valence-electron chi connectivity index (χ2n) is 6.26. The highest BCUT2D eigenvalue weighted by Gasteiger charge is 2.26. The van der Waals surface area contributed by atoms with E-state index >= 15 is 0 Å². The molecular formula is C17H22N4O. The molecule has 5 nitrogen and oxygen atoms in total. The number of nitrogens with one attached hydrogen (secondary N) is 1. The predicted octanol–water partition coefficient (Wildman–Crippen LogP) is 2.81. The van der Waals surface area contributed by atoms with Crippen molar-refractivity contribution in [2.75, 3.05) is 0 Å². The van der Waals surface area contributed by atoms with Gasteiger partial charge in [-0.25, -0.2) is 9.67 Å². The topological polar surface area (TPSA) is 59.8 Å². The molecule has 5 heteroatoms. The van der Waals surface area contributed by atoms with Crippen LogP contribution in [-0.2, 0) is 11.2 Å². The normalized spacial score (nSPS) is 17.3. The second kappa shape index (κ2) is 6.30. The summed E-state index contributed by atoms with van der Waals surface area (Å²) < 4.78 is 1.90. The van der Waals surface area contributed by atoms with Gasteiger partial charge in [0.1, 0.15) is 0 Å². The van der Waals surface area contributed by atoms with E-state index in [2.05, 4.69) is 29.2 Å². The van der Waals surface area contributed by atoms with E-state index in [0.717, 1.165) is 30.6 Å².